The van der Waals surface area contributed by atoms with Gasteiger partial charge in [-0.05, 0) is 38.2 Å². The van der Waals surface area contributed by atoms with Gasteiger partial charge in [-0.2, -0.15) is 0 Å². The van der Waals surface area contributed by atoms with Gasteiger partial charge in [0, 0.05) is 24.5 Å². The van der Waals surface area contributed by atoms with E-state index in [1.807, 2.05) is 31.0 Å². The molecule has 0 radical (unpaired) electrons. The van der Waals surface area contributed by atoms with Gasteiger partial charge in [-0.25, -0.2) is 0 Å². The fourth-order valence-electron chi connectivity index (χ4n) is 1.46. The van der Waals surface area contributed by atoms with E-state index in [0.29, 0.717) is 5.69 Å². The minimum atomic E-state index is -0.0335. The number of anilines is 2. The number of nitrogen functional groups attached to an aromatic ring is 1. The van der Waals surface area contributed by atoms with Crippen LogP contribution in [0.2, 0.25) is 0 Å². The molecule has 0 aliphatic heterocycles. The van der Waals surface area contributed by atoms with E-state index in [4.69, 9.17) is 10.8 Å². The van der Waals surface area contributed by atoms with E-state index in [1.165, 1.54) is 0 Å². The average molecular weight is 251 g/mol. The largest absolute Gasteiger partial charge is 0.399 e. The Morgan fingerprint density at radius 2 is 1.89 bits per heavy atom. The molecule has 1 aromatic carbocycles. The zero-order valence-corrected chi connectivity index (χ0v) is 11.1. The Balaban J connectivity index is 2.64. The molecule has 0 saturated carbocycles. The van der Waals surface area contributed by atoms with Gasteiger partial charge in [0.15, 0.2) is 0 Å². The Morgan fingerprint density at radius 3 is 2.39 bits per heavy atom. The lowest BCUT2D eigenvalue weighted by molar-refractivity contribution is -0.119. The molecule has 5 heteroatoms. The van der Waals surface area contributed by atoms with Crippen molar-refractivity contribution >= 4 is 17.3 Å². The number of likely N-dealkylation sites (N-methyl/N-ethyl adjacent to an activating group) is 2. The number of aliphatic hydroxyl groups is 1. The van der Waals surface area contributed by atoms with Crippen LogP contribution in [0, 0.1) is 0 Å². The van der Waals surface area contributed by atoms with Crippen molar-refractivity contribution in [2.24, 2.45) is 0 Å². The lowest BCUT2D eigenvalue weighted by Crippen LogP contribution is -2.41. The molecule has 0 bridgehead atoms. The van der Waals surface area contributed by atoms with Crippen molar-refractivity contribution in [3.05, 3.63) is 24.3 Å². The van der Waals surface area contributed by atoms with Crippen molar-refractivity contribution in [3.63, 3.8) is 0 Å². The highest BCUT2D eigenvalue weighted by Gasteiger charge is 2.16. The molecule has 3 N–H and O–H groups in total. The maximum atomic E-state index is 12.0. The molecule has 1 atom stereocenters. The molecule has 0 aliphatic rings. The van der Waals surface area contributed by atoms with E-state index in [-0.39, 0.29) is 25.1 Å². The van der Waals surface area contributed by atoms with Gasteiger partial charge in [-0.3, -0.25) is 9.69 Å². The van der Waals surface area contributed by atoms with E-state index < -0.39 is 0 Å². The number of nitrogens with zero attached hydrogens (tertiary/aromatic N) is 2. The zero-order chi connectivity index (χ0) is 13.7. The first-order valence-electron chi connectivity index (χ1n) is 5.89. The smallest absolute Gasteiger partial charge is 0.240 e. The second-order valence-corrected chi connectivity index (χ2v) is 4.49. The number of aliphatic hydroxyl groups excluding tert-OH is 1. The van der Waals surface area contributed by atoms with Gasteiger partial charge in [-0.1, -0.05) is 0 Å². The summed E-state index contributed by atoms with van der Waals surface area (Å²) in [5.41, 5.74) is 7.08. The predicted octanol–water partition coefficient (Wildman–Crippen LogP) is 0.544. The van der Waals surface area contributed by atoms with Crippen LogP contribution in [0.4, 0.5) is 11.4 Å². The Hall–Kier alpha value is -1.59. The van der Waals surface area contributed by atoms with Crippen LogP contribution < -0.4 is 10.6 Å². The molecule has 1 aromatic rings. The lowest BCUT2D eigenvalue weighted by atomic mass is 10.2. The first-order valence-corrected chi connectivity index (χ1v) is 5.89. The van der Waals surface area contributed by atoms with Gasteiger partial charge in [0.1, 0.15) is 0 Å². The maximum absolute atomic E-state index is 12.0. The Morgan fingerprint density at radius 1 is 1.33 bits per heavy atom. The minimum absolute atomic E-state index is 0.0254. The topological polar surface area (TPSA) is 69.8 Å². The van der Waals surface area contributed by atoms with Crippen LogP contribution in [-0.4, -0.2) is 49.2 Å². The van der Waals surface area contributed by atoms with Crippen molar-refractivity contribution in [1.82, 2.24) is 4.90 Å². The monoisotopic (exact) mass is 251 g/mol. The number of rotatable bonds is 5. The van der Waals surface area contributed by atoms with Crippen molar-refractivity contribution in [2.75, 3.05) is 37.9 Å². The van der Waals surface area contributed by atoms with Crippen LogP contribution >= 0.6 is 0 Å². The summed E-state index contributed by atoms with van der Waals surface area (Å²) < 4.78 is 0. The molecular weight excluding hydrogens is 230 g/mol. The molecule has 1 rings (SSSR count). The fraction of sp³-hybridized carbons (Fsp3) is 0.462. The third-order valence-electron chi connectivity index (χ3n) is 3.06. The SMILES string of the molecule is CC(CO)N(C)CC(=O)N(C)c1ccc(N)cc1. The van der Waals surface area contributed by atoms with Crippen LogP contribution in [0.5, 0.6) is 0 Å². The number of carbonyl (C=O) groups excluding carboxylic acids is 1. The lowest BCUT2D eigenvalue weighted by Gasteiger charge is -2.25. The van der Waals surface area contributed by atoms with Gasteiger partial charge in [0.05, 0.1) is 13.2 Å². The summed E-state index contributed by atoms with van der Waals surface area (Å²) in [5.74, 6) is -0.0254. The van der Waals surface area contributed by atoms with Crippen molar-refractivity contribution in [1.29, 1.82) is 0 Å². The molecule has 100 valence electrons. The van der Waals surface area contributed by atoms with E-state index >= 15 is 0 Å². The first-order chi connectivity index (χ1) is 8.45. The van der Waals surface area contributed by atoms with Gasteiger partial charge < -0.3 is 15.7 Å². The summed E-state index contributed by atoms with van der Waals surface area (Å²) in [6.07, 6.45) is 0. The Bertz CT molecular complexity index is 392. The third kappa shape index (κ3) is 3.72. The number of carbonyl (C=O) groups is 1. The molecule has 1 amide bonds. The van der Waals surface area contributed by atoms with Crippen molar-refractivity contribution in [2.45, 2.75) is 13.0 Å². The number of hydrogen-bond donors (Lipinski definition) is 2. The van der Waals surface area contributed by atoms with Crippen LogP contribution in [-0.2, 0) is 4.79 Å². The molecule has 0 fully saturated rings. The molecule has 0 aromatic heterocycles. The number of benzene rings is 1. The third-order valence-corrected chi connectivity index (χ3v) is 3.06. The fourth-order valence-corrected chi connectivity index (χ4v) is 1.46. The zero-order valence-electron chi connectivity index (χ0n) is 11.1. The van der Waals surface area contributed by atoms with Crippen LogP contribution in [0.1, 0.15) is 6.92 Å². The summed E-state index contributed by atoms with van der Waals surface area (Å²) in [5, 5.41) is 9.02. The van der Waals surface area contributed by atoms with Gasteiger partial charge in [0.25, 0.3) is 0 Å². The first kappa shape index (κ1) is 14.5. The van der Waals surface area contributed by atoms with E-state index in [0.717, 1.165) is 5.69 Å². The second kappa shape index (κ2) is 6.37. The van der Waals surface area contributed by atoms with Gasteiger partial charge in [-0.15, -0.1) is 0 Å². The highest BCUT2D eigenvalue weighted by molar-refractivity contribution is 5.94. The summed E-state index contributed by atoms with van der Waals surface area (Å²) in [6.45, 7) is 2.18. The highest BCUT2D eigenvalue weighted by Crippen LogP contribution is 2.15. The maximum Gasteiger partial charge on any atom is 0.240 e. The van der Waals surface area contributed by atoms with E-state index in [2.05, 4.69) is 0 Å². The normalized spacial score (nSPS) is 12.5. The van der Waals surface area contributed by atoms with Crippen LogP contribution in [0.25, 0.3) is 0 Å². The quantitative estimate of drug-likeness (QED) is 0.750. The van der Waals surface area contributed by atoms with E-state index in [9.17, 15) is 4.79 Å². The molecule has 0 aliphatic carbocycles. The summed E-state index contributed by atoms with van der Waals surface area (Å²) >= 11 is 0. The molecule has 0 spiro atoms. The molecule has 0 saturated heterocycles. The summed E-state index contributed by atoms with van der Waals surface area (Å²) in [7, 11) is 3.54. The minimum Gasteiger partial charge on any atom is -0.399 e. The van der Waals surface area contributed by atoms with Gasteiger partial charge in [0.2, 0.25) is 5.91 Å². The predicted molar refractivity (Wildman–Crippen MR) is 73.4 cm³/mol. The summed E-state index contributed by atoms with van der Waals surface area (Å²) in [6, 6.07) is 7.11. The van der Waals surface area contributed by atoms with Crippen molar-refractivity contribution in [3.8, 4) is 0 Å². The molecule has 5 nitrogen and oxygen atoms in total. The second-order valence-electron chi connectivity index (χ2n) is 4.49. The molecule has 0 heterocycles. The van der Waals surface area contributed by atoms with Gasteiger partial charge >= 0.3 is 0 Å². The molecule has 1 unspecified atom stereocenters. The van der Waals surface area contributed by atoms with Crippen molar-refractivity contribution < 1.29 is 9.90 Å². The van der Waals surface area contributed by atoms with E-state index in [1.54, 1.807) is 24.1 Å². The molecular formula is C13H21N3O2. The molecule has 18 heavy (non-hydrogen) atoms. The highest BCUT2D eigenvalue weighted by atomic mass is 16.3. The van der Waals surface area contributed by atoms with Crippen LogP contribution in [0.15, 0.2) is 24.3 Å². The summed E-state index contributed by atoms with van der Waals surface area (Å²) in [4.78, 5) is 15.4. The number of hydrogen-bond acceptors (Lipinski definition) is 4. The Labute approximate surface area is 108 Å². The number of amides is 1. The Kier molecular flexibility index (Phi) is 5.12. The number of nitrogens with two attached hydrogens (primary N) is 1. The standard InChI is InChI=1S/C13H21N3O2/c1-10(9-17)15(2)8-13(18)16(3)12-6-4-11(14)5-7-12/h4-7,10,17H,8-9,14H2,1-3H3. The average Bonchev–Trinajstić information content (AvgIpc) is 2.37. The van der Waals surface area contributed by atoms with Crippen LogP contribution in [0.3, 0.4) is 0 Å².